The minimum atomic E-state index is -0.250. The van der Waals surface area contributed by atoms with E-state index in [1.54, 1.807) is 0 Å². The van der Waals surface area contributed by atoms with Crippen LogP contribution in [0, 0.1) is 29.1 Å². The lowest BCUT2D eigenvalue weighted by atomic mass is 9.48. The Kier molecular flexibility index (Phi) is 6.74. The van der Waals surface area contributed by atoms with Crippen molar-refractivity contribution < 1.29 is 0 Å². The van der Waals surface area contributed by atoms with Crippen molar-refractivity contribution in [2.24, 2.45) is 17.8 Å². The number of fused-ring (bicyclic) bond motifs is 3. The molecule has 1 heterocycles. The van der Waals surface area contributed by atoms with Crippen molar-refractivity contribution in [3.05, 3.63) is 138 Å². The maximum absolute atomic E-state index is 10.5. The Morgan fingerprint density at radius 2 is 1.00 bits per heavy atom. The van der Waals surface area contributed by atoms with Gasteiger partial charge in [0.05, 0.1) is 11.6 Å². The van der Waals surface area contributed by atoms with Gasteiger partial charge in [-0.2, -0.15) is 5.26 Å². The monoisotopic (exact) mass is 660 g/mol. The van der Waals surface area contributed by atoms with Crippen LogP contribution in [-0.4, -0.2) is 15.0 Å². The van der Waals surface area contributed by atoms with E-state index in [9.17, 15) is 5.26 Å². The third kappa shape index (κ3) is 4.89. The van der Waals surface area contributed by atoms with Gasteiger partial charge in [0.25, 0.3) is 0 Å². The fourth-order valence-corrected chi connectivity index (χ4v) is 10.7. The summed E-state index contributed by atoms with van der Waals surface area (Å²) in [5.41, 5.74) is 12.3. The summed E-state index contributed by atoms with van der Waals surface area (Å²) in [6.45, 7) is 4.62. The number of nitriles is 1. The Bertz CT molecular complexity index is 2290. The number of benzene rings is 5. The third-order valence-corrected chi connectivity index (χ3v) is 12.7. The quantitative estimate of drug-likeness (QED) is 0.185. The van der Waals surface area contributed by atoms with Crippen LogP contribution in [0.2, 0.25) is 0 Å². The van der Waals surface area contributed by atoms with E-state index in [0.717, 1.165) is 51.1 Å². The van der Waals surface area contributed by atoms with Crippen LogP contribution in [0.25, 0.3) is 56.4 Å². The number of hydrogen-bond acceptors (Lipinski definition) is 4. The highest BCUT2D eigenvalue weighted by Crippen LogP contribution is 2.61. The average Bonchev–Trinajstić information content (AvgIpc) is 3.39. The molecule has 248 valence electrons. The van der Waals surface area contributed by atoms with Crippen LogP contribution < -0.4 is 0 Å². The Labute approximate surface area is 300 Å². The van der Waals surface area contributed by atoms with Crippen molar-refractivity contribution in [2.45, 2.75) is 63.2 Å². The number of rotatable bonds is 5. The van der Waals surface area contributed by atoms with Gasteiger partial charge in [0, 0.05) is 22.1 Å². The lowest BCUT2D eigenvalue weighted by Gasteiger charge is -2.57. The van der Waals surface area contributed by atoms with E-state index in [1.807, 2.05) is 60.7 Å². The summed E-state index contributed by atoms with van der Waals surface area (Å²) in [4.78, 5) is 14.9. The zero-order chi connectivity index (χ0) is 34.3. The summed E-state index contributed by atoms with van der Waals surface area (Å²) in [5, 5.41) is 10.5. The van der Waals surface area contributed by atoms with E-state index in [0.29, 0.717) is 17.5 Å². The minimum absolute atomic E-state index is 0.250. The van der Waals surface area contributed by atoms with Crippen molar-refractivity contribution in [1.29, 1.82) is 5.26 Å². The highest BCUT2D eigenvalue weighted by molar-refractivity contribution is 5.86. The molecule has 0 spiro atoms. The molecular weight excluding hydrogens is 621 g/mol. The van der Waals surface area contributed by atoms with Crippen LogP contribution in [0.3, 0.4) is 0 Å². The number of nitrogens with zero attached hydrogens (tertiary/aromatic N) is 4. The molecule has 4 saturated carbocycles. The normalized spacial score (nSPS) is 23.4. The standard InChI is InChI=1S/C47H40N4/c1-46(2)41-23-34(38-18-15-37(22-36(38)28-48)47-25-29-19-30(26-47)21-31(20-29)27-47)13-16-39(41)40-17-14-35(24-42(40)46)45-50-43(32-9-5-3-6-10-32)49-44(51-45)33-11-7-4-8-12-33/h3-18,22-24,29-31H,19-21,25-27H2,1-2H3. The fourth-order valence-electron chi connectivity index (χ4n) is 10.7. The lowest BCUT2D eigenvalue weighted by Crippen LogP contribution is -2.48. The Hall–Kier alpha value is -5.40. The molecule has 0 unspecified atom stereocenters. The summed E-state index contributed by atoms with van der Waals surface area (Å²) < 4.78 is 0. The first kappa shape index (κ1) is 30.4. The van der Waals surface area contributed by atoms with E-state index < -0.39 is 0 Å². The SMILES string of the molecule is CC1(C)c2cc(-c3nc(-c4ccccc4)nc(-c4ccccc4)n3)ccc2-c2ccc(-c3ccc(C45CC6CC(CC(C6)C4)C5)cc3C#N)cc21. The van der Waals surface area contributed by atoms with Gasteiger partial charge in [0.2, 0.25) is 0 Å². The van der Waals surface area contributed by atoms with Gasteiger partial charge in [-0.3, -0.25) is 0 Å². The van der Waals surface area contributed by atoms with Gasteiger partial charge in [-0.05, 0) is 119 Å². The molecule has 4 fully saturated rings. The van der Waals surface area contributed by atoms with Crippen LogP contribution in [0.1, 0.15) is 74.6 Å². The summed E-state index contributed by atoms with van der Waals surface area (Å²) in [6.07, 6.45) is 8.20. The molecule has 4 bridgehead atoms. The van der Waals surface area contributed by atoms with Crippen molar-refractivity contribution in [3.8, 4) is 62.5 Å². The summed E-state index contributed by atoms with van der Waals surface area (Å²) in [7, 11) is 0. The van der Waals surface area contributed by atoms with Gasteiger partial charge in [-0.25, -0.2) is 15.0 Å². The molecule has 0 N–H and O–H groups in total. The molecule has 4 heteroatoms. The lowest BCUT2D eigenvalue weighted by molar-refractivity contribution is -0.00519. The topological polar surface area (TPSA) is 62.5 Å². The predicted octanol–water partition coefficient (Wildman–Crippen LogP) is 11.2. The molecule has 5 aliphatic carbocycles. The van der Waals surface area contributed by atoms with Crippen molar-refractivity contribution in [1.82, 2.24) is 15.0 Å². The van der Waals surface area contributed by atoms with Gasteiger partial charge >= 0.3 is 0 Å². The first-order chi connectivity index (χ1) is 24.9. The van der Waals surface area contributed by atoms with E-state index >= 15 is 0 Å². The van der Waals surface area contributed by atoms with Gasteiger partial charge < -0.3 is 0 Å². The second-order valence-corrected chi connectivity index (χ2v) is 16.3. The highest BCUT2D eigenvalue weighted by atomic mass is 15.0. The van der Waals surface area contributed by atoms with Crippen LogP contribution in [0.4, 0.5) is 0 Å². The highest BCUT2D eigenvalue weighted by Gasteiger charge is 2.51. The molecule has 5 aromatic carbocycles. The molecule has 4 nitrogen and oxygen atoms in total. The van der Waals surface area contributed by atoms with Gasteiger partial charge in [0.15, 0.2) is 17.5 Å². The predicted molar refractivity (Wildman–Crippen MR) is 204 cm³/mol. The van der Waals surface area contributed by atoms with Crippen molar-refractivity contribution >= 4 is 0 Å². The molecular formula is C47H40N4. The van der Waals surface area contributed by atoms with Crippen molar-refractivity contribution in [2.75, 3.05) is 0 Å². The van der Waals surface area contributed by atoms with Crippen molar-refractivity contribution in [3.63, 3.8) is 0 Å². The zero-order valence-electron chi connectivity index (χ0n) is 29.2. The second-order valence-electron chi connectivity index (χ2n) is 16.3. The molecule has 11 rings (SSSR count). The van der Waals surface area contributed by atoms with Gasteiger partial charge in [0.1, 0.15) is 0 Å². The van der Waals surface area contributed by atoms with Crippen LogP contribution >= 0.6 is 0 Å². The molecule has 0 radical (unpaired) electrons. The molecule has 0 saturated heterocycles. The van der Waals surface area contributed by atoms with E-state index in [4.69, 9.17) is 15.0 Å². The molecule has 0 amide bonds. The number of aromatic nitrogens is 3. The summed E-state index contributed by atoms with van der Waals surface area (Å²) >= 11 is 0. The minimum Gasteiger partial charge on any atom is -0.208 e. The largest absolute Gasteiger partial charge is 0.208 e. The molecule has 6 aromatic rings. The second kappa shape index (κ2) is 11.3. The first-order valence-electron chi connectivity index (χ1n) is 18.6. The summed E-state index contributed by atoms with van der Waals surface area (Å²) in [6, 6.07) is 43.2. The summed E-state index contributed by atoms with van der Waals surface area (Å²) in [5.74, 6) is 4.62. The first-order valence-corrected chi connectivity index (χ1v) is 18.6. The van der Waals surface area contributed by atoms with Gasteiger partial charge in [-0.15, -0.1) is 0 Å². The number of hydrogen-bond donors (Lipinski definition) is 0. The molecule has 5 aliphatic rings. The molecule has 0 aliphatic heterocycles. The molecule has 0 atom stereocenters. The molecule has 1 aromatic heterocycles. The maximum atomic E-state index is 10.5. The smallest absolute Gasteiger partial charge is 0.164 e. The Morgan fingerprint density at radius 1 is 0.529 bits per heavy atom. The fraction of sp³-hybridized carbons (Fsp3) is 0.277. The molecule has 51 heavy (non-hydrogen) atoms. The van der Waals surface area contributed by atoms with Crippen LogP contribution in [0.15, 0.2) is 115 Å². The Morgan fingerprint density at radius 3 is 1.53 bits per heavy atom. The van der Waals surface area contributed by atoms with Crippen LogP contribution in [-0.2, 0) is 10.8 Å². The zero-order valence-corrected chi connectivity index (χ0v) is 29.2. The average molecular weight is 661 g/mol. The van der Waals surface area contributed by atoms with E-state index in [1.165, 1.54) is 66.3 Å². The maximum Gasteiger partial charge on any atom is 0.164 e. The van der Waals surface area contributed by atoms with E-state index in [-0.39, 0.29) is 10.8 Å². The van der Waals surface area contributed by atoms with Crippen LogP contribution in [0.5, 0.6) is 0 Å². The van der Waals surface area contributed by atoms with Gasteiger partial charge in [-0.1, -0.05) is 111 Å². The van der Waals surface area contributed by atoms with E-state index in [2.05, 4.69) is 74.5 Å². The Balaban J connectivity index is 1.02. The third-order valence-electron chi connectivity index (χ3n) is 12.7.